The van der Waals surface area contributed by atoms with Gasteiger partial charge in [0.05, 0.1) is 0 Å². The number of benzene rings is 1. The van der Waals surface area contributed by atoms with Crippen LogP contribution >= 0.6 is 0 Å². The first-order chi connectivity index (χ1) is 8.25. The number of nitrogens with one attached hydrogen (secondary N) is 1. The maximum absolute atomic E-state index is 10.3. The quantitative estimate of drug-likeness (QED) is 0.653. The molecule has 7 heteroatoms. The predicted octanol–water partition coefficient (Wildman–Crippen LogP) is -1.79. The van der Waals surface area contributed by atoms with Crippen LogP contribution in [-0.2, 0) is 0 Å². The number of carboxylic acids is 1. The number of anilines is 2. The molecular weight excluding hydrogens is 245 g/mol. The predicted molar refractivity (Wildman–Crippen MR) is 59.7 cm³/mol. The number of hydrogen-bond acceptors (Lipinski definition) is 6. The van der Waals surface area contributed by atoms with E-state index in [4.69, 9.17) is 4.42 Å². The molecule has 0 aliphatic heterocycles. The number of para-hydroxylation sites is 1. The number of carbonyl (C=O) groups excluding carboxylic acids is 1. The second-order valence-electron chi connectivity index (χ2n) is 2.69. The van der Waals surface area contributed by atoms with E-state index in [1.54, 1.807) is 12.1 Å². The summed E-state index contributed by atoms with van der Waals surface area (Å²) in [5.41, 5.74) is 0.728. The van der Waals surface area contributed by atoms with Crippen LogP contribution in [0.3, 0.4) is 0 Å². The van der Waals surface area contributed by atoms with E-state index in [-0.39, 0.29) is 35.6 Å². The fourth-order valence-corrected chi connectivity index (χ4v) is 1.00. The second kappa shape index (κ2) is 8.68. The molecular formula is C11H12N3NaO3. The van der Waals surface area contributed by atoms with Crippen molar-refractivity contribution in [1.82, 2.24) is 10.2 Å². The first-order valence-corrected chi connectivity index (χ1v) is 5.12. The van der Waals surface area contributed by atoms with Crippen LogP contribution in [0.4, 0.5) is 11.7 Å². The van der Waals surface area contributed by atoms with Gasteiger partial charge in [-0.3, -0.25) is 0 Å². The molecule has 0 aliphatic carbocycles. The van der Waals surface area contributed by atoms with Gasteiger partial charge < -0.3 is 19.6 Å². The van der Waals surface area contributed by atoms with Crippen molar-refractivity contribution in [2.24, 2.45) is 0 Å². The maximum Gasteiger partial charge on any atom is 1.00 e. The van der Waals surface area contributed by atoms with Gasteiger partial charge in [-0.15, -0.1) is 5.10 Å². The Hall–Kier alpha value is -1.37. The average molecular weight is 257 g/mol. The van der Waals surface area contributed by atoms with Gasteiger partial charge in [0.25, 0.3) is 5.89 Å². The van der Waals surface area contributed by atoms with Crippen LogP contribution in [0.25, 0.3) is 0 Å². The molecule has 0 saturated heterocycles. The molecule has 6 nitrogen and oxygen atoms in total. The third kappa shape index (κ3) is 4.87. The molecule has 0 atom stereocenters. The molecule has 2 aromatic rings. The van der Waals surface area contributed by atoms with Crippen LogP contribution < -0.4 is 40.0 Å². The summed E-state index contributed by atoms with van der Waals surface area (Å²) < 4.78 is 4.75. The molecule has 18 heavy (non-hydrogen) atoms. The Bertz CT molecular complexity index is 473. The monoisotopic (exact) mass is 257 g/mol. The molecule has 2 rings (SSSR count). The van der Waals surface area contributed by atoms with Crippen molar-refractivity contribution < 1.29 is 43.9 Å². The van der Waals surface area contributed by atoms with Gasteiger partial charge in [0.15, 0.2) is 0 Å². The zero-order valence-corrected chi connectivity index (χ0v) is 12.5. The molecule has 1 N–H and O–H groups in total. The van der Waals surface area contributed by atoms with Gasteiger partial charge in [-0.1, -0.05) is 37.1 Å². The summed E-state index contributed by atoms with van der Waals surface area (Å²) in [5.74, 6) is -2.04. The van der Waals surface area contributed by atoms with Gasteiger partial charge in [-0.2, -0.15) is 0 Å². The summed E-state index contributed by atoms with van der Waals surface area (Å²) in [5, 5.41) is 19.8. The molecule has 0 fully saturated rings. The van der Waals surface area contributed by atoms with Gasteiger partial charge in [-0.05, 0) is 12.1 Å². The molecule has 0 bridgehead atoms. The van der Waals surface area contributed by atoms with E-state index >= 15 is 0 Å². The van der Waals surface area contributed by atoms with Gasteiger partial charge in [-0.25, -0.2) is 0 Å². The number of rotatable bonds is 3. The zero-order valence-electron chi connectivity index (χ0n) is 10.5. The standard InChI is InChI=1S/C9H7N3O3.C2H6.Na/c13-8(14)7-11-12-9(15-7)10-6-4-2-1-3-5-6;1-2;/h1-5H,(H,10,12)(H,13,14);1-2H3;/q;;+1/p-1. The van der Waals surface area contributed by atoms with E-state index in [2.05, 4.69) is 15.5 Å². The largest absolute Gasteiger partial charge is 1.00 e. The first kappa shape index (κ1) is 16.6. The molecule has 1 aromatic heterocycles. The van der Waals surface area contributed by atoms with Crippen LogP contribution in [0.5, 0.6) is 0 Å². The van der Waals surface area contributed by atoms with Crippen molar-refractivity contribution in [2.75, 3.05) is 5.32 Å². The van der Waals surface area contributed by atoms with Crippen molar-refractivity contribution in [3.8, 4) is 0 Å². The fraction of sp³-hybridized carbons (Fsp3) is 0.182. The third-order valence-corrected chi connectivity index (χ3v) is 1.62. The molecule has 1 aromatic carbocycles. The Labute approximate surface area is 127 Å². The molecule has 0 unspecified atom stereocenters. The third-order valence-electron chi connectivity index (χ3n) is 1.62. The SMILES string of the molecule is CC.O=C([O-])c1nnc(Nc2ccccc2)o1.[Na+]. The van der Waals surface area contributed by atoms with E-state index in [1.165, 1.54) is 0 Å². The molecule has 1 heterocycles. The second-order valence-corrected chi connectivity index (χ2v) is 2.69. The molecule has 0 spiro atoms. The van der Waals surface area contributed by atoms with Gasteiger partial charge in [0.2, 0.25) is 0 Å². The van der Waals surface area contributed by atoms with Gasteiger partial charge in [0, 0.05) is 5.69 Å². The Balaban J connectivity index is 0.000000917. The van der Waals surface area contributed by atoms with Crippen molar-refractivity contribution in [1.29, 1.82) is 0 Å². The number of carboxylic acid groups (broad SMARTS) is 1. The first-order valence-electron chi connectivity index (χ1n) is 5.12. The van der Waals surface area contributed by atoms with Gasteiger partial charge in [0.1, 0.15) is 5.97 Å². The minimum Gasteiger partial charge on any atom is -0.540 e. The zero-order chi connectivity index (χ0) is 12.7. The van der Waals surface area contributed by atoms with Crippen LogP contribution in [-0.4, -0.2) is 16.2 Å². The summed E-state index contributed by atoms with van der Waals surface area (Å²) in [4.78, 5) is 10.3. The maximum atomic E-state index is 10.3. The summed E-state index contributed by atoms with van der Waals surface area (Å²) >= 11 is 0. The van der Waals surface area contributed by atoms with E-state index in [1.807, 2.05) is 32.0 Å². The topological polar surface area (TPSA) is 91.1 Å². The number of nitrogens with zero attached hydrogens (tertiary/aromatic N) is 2. The van der Waals surface area contributed by atoms with Crippen LogP contribution in [0.2, 0.25) is 0 Å². The molecule has 0 radical (unpaired) electrons. The van der Waals surface area contributed by atoms with E-state index in [0.29, 0.717) is 0 Å². The summed E-state index contributed by atoms with van der Waals surface area (Å²) in [6.07, 6.45) is 0. The van der Waals surface area contributed by atoms with E-state index in [0.717, 1.165) is 5.69 Å². The van der Waals surface area contributed by atoms with Crippen molar-refractivity contribution in [3.05, 3.63) is 36.2 Å². The Morgan fingerprint density at radius 1 is 1.22 bits per heavy atom. The number of aromatic carboxylic acids is 1. The van der Waals surface area contributed by atoms with Crippen LogP contribution in [0, 0.1) is 0 Å². The minimum atomic E-state index is -1.50. The van der Waals surface area contributed by atoms with Gasteiger partial charge >= 0.3 is 35.6 Å². The summed E-state index contributed by atoms with van der Waals surface area (Å²) in [7, 11) is 0. The van der Waals surface area contributed by atoms with Crippen LogP contribution in [0.15, 0.2) is 34.7 Å². The van der Waals surface area contributed by atoms with Crippen molar-refractivity contribution in [3.63, 3.8) is 0 Å². The smallest absolute Gasteiger partial charge is 0.540 e. The number of carbonyl (C=O) groups is 1. The average Bonchev–Trinajstić information content (AvgIpc) is 2.82. The molecule has 0 aliphatic rings. The normalized spacial score (nSPS) is 8.56. The fourth-order valence-electron chi connectivity index (χ4n) is 1.00. The van der Waals surface area contributed by atoms with Crippen molar-refractivity contribution in [2.45, 2.75) is 13.8 Å². The Morgan fingerprint density at radius 3 is 2.33 bits per heavy atom. The Morgan fingerprint density at radius 2 is 1.83 bits per heavy atom. The number of aromatic nitrogens is 2. The molecule has 90 valence electrons. The number of hydrogen-bond donors (Lipinski definition) is 1. The van der Waals surface area contributed by atoms with Crippen LogP contribution in [0.1, 0.15) is 24.5 Å². The van der Waals surface area contributed by atoms with E-state index < -0.39 is 11.9 Å². The molecule has 0 amide bonds. The minimum absolute atomic E-state index is 0. The Kier molecular flexibility index (Phi) is 8.02. The van der Waals surface area contributed by atoms with Crippen molar-refractivity contribution >= 4 is 17.7 Å². The summed E-state index contributed by atoms with van der Waals surface area (Å²) in [6.45, 7) is 4.00. The molecule has 0 saturated carbocycles. The summed E-state index contributed by atoms with van der Waals surface area (Å²) in [6, 6.07) is 9.06. The van der Waals surface area contributed by atoms with E-state index in [9.17, 15) is 9.90 Å².